The molecule has 134 valence electrons. The van der Waals surface area contributed by atoms with Gasteiger partial charge in [-0.05, 0) is 19.4 Å². The zero-order chi connectivity index (χ0) is 16.9. The maximum absolute atomic E-state index is 5.61. The summed E-state index contributed by atoms with van der Waals surface area (Å²) in [4.78, 5) is 9.03. The molecule has 6 nitrogen and oxygen atoms in total. The van der Waals surface area contributed by atoms with Crippen LogP contribution in [0.3, 0.4) is 0 Å². The summed E-state index contributed by atoms with van der Waals surface area (Å²) >= 11 is 1.59. The van der Waals surface area contributed by atoms with E-state index in [4.69, 9.17) is 15.0 Å². The average Bonchev–Trinajstić information content (AvgIpc) is 3.25. The van der Waals surface area contributed by atoms with E-state index in [1.54, 1.807) is 11.3 Å². The number of nitrogens with two attached hydrogens (primary N) is 1. The summed E-state index contributed by atoms with van der Waals surface area (Å²) in [7, 11) is 0. The van der Waals surface area contributed by atoms with Gasteiger partial charge >= 0.3 is 0 Å². The smallest absolute Gasteiger partial charge is 0.233 e. The number of halogens is 1. The van der Waals surface area contributed by atoms with Crippen LogP contribution in [0.1, 0.15) is 42.1 Å². The molecule has 0 saturated heterocycles. The number of aromatic nitrogens is 3. The fourth-order valence-electron chi connectivity index (χ4n) is 2.30. The van der Waals surface area contributed by atoms with Gasteiger partial charge in [0.15, 0.2) is 0 Å². The first kappa shape index (κ1) is 19.5. The van der Waals surface area contributed by atoms with Gasteiger partial charge in [0.2, 0.25) is 11.7 Å². The standard InChI is InChI=1S/C17H20N4O2S.ClH/c1-3-22-11(2)17-19-14(10-24-17)8-15-20-16(21-23-15)13-6-4-12(9-18)5-7-13;/h4-7,10-11H,3,8-9,18H2,1-2H3;1H. The van der Waals surface area contributed by atoms with Gasteiger partial charge in [0.05, 0.1) is 12.1 Å². The summed E-state index contributed by atoms with van der Waals surface area (Å²) in [5.41, 5.74) is 8.50. The van der Waals surface area contributed by atoms with E-state index in [1.807, 2.05) is 43.5 Å². The van der Waals surface area contributed by atoms with E-state index < -0.39 is 0 Å². The number of ether oxygens (including phenoxy) is 1. The van der Waals surface area contributed by atoms with Gasteiger partial charge in [-0.25, -0.2) is 4.98 Å². The van der Waals surface area contributed by atoms with Crippen molar-refractivity contribution >= 4 is 23.7 Å². The Bertz CT molecular complexity index is 788. The van der Waals surface area contributed by atoms with Crippen LogP contribution in [0.15, 0.2) is 34.2 Å². The Balaban J connectivity index is 0.00000225. The SMILES string of the molecule is CCOC(C)c1nc(Cc2nc(-c3ccc(CN)cc3)no2)cs1.Cl. The number of benzene rings is 1. The van der Waals surface area contributed by atoms with Gasteiger partial charge in [-0.3, -0.25) is 0 Å². The number of rotatable bonds is 7. The van der Waals surface area contributed by atoms with Crippen LogP contribution in [-0.4, -0.2) is 21.7 Å². The van der Waals surface area contributed by atoms with Gasteiger partial charge in [-0.15, -0.1) is 23.7 Å². The highest BCUT2D eigenvalue weighted by Crippen LogP contribution is 2.23. The summed E-state index contributed by atoms with van der Waals surface area (Å²) in [5.74, 6) is 1.13. The monoisotopic (exact) mass is 380 g/mol. The molecule has 0 bridgehead atoms. The normalized spacial score (nSPS) is 12.0. The Morgan fingerprint density at radius 2 is 2.00 bits per heavy atom. The van der Waals surface area contributed by atoms with E-state index in [1.165, 1.54) is 0 Å². The van der Waals surface area contributed by atoms with Crippen LogP contribution >= 0.6 is 23.7 Å². The zero-order valence-electron chi connectivity index (χ0n) is 14.1. The summed E-state index contributed by atoms with van der Waals surface area (Å²) in [6, 6.07) is 7.82. The molecule has 3 rings (SSSR count). The highest BCUT2D eigenvalue weighted by molar-refractivity contribution is 7.09. The maximum Gasteiger partial charge on any atom is 0.233 e. The van der Waals surface area contributed by atoms with Crippen molar-refractivity contribution in [2.24, 2.45) is 5.73 Å². The van der Waals surface area contributed by atoms with Crippen LogP contribution in [-0.2, 0) is 17.7 Å². The van der Waals surface area contributed by atoms with Crippen molar-refractivity contribution in [2.45, 2.75) is 32.9 Å². The first-order chi connectivity index (χ1) is 11.7. The Morgan fingerprint density at radius 3 is 2.68 bits per heavy atom. The predicted octanol–water partition coefficient (Wildman–Crippen LogP) is 3.76. The van der Waals surface area contributed by atoms with E-state index in [0.717, 1.165) is 21.8 Å². The third kappa shape index (κ3) is 4.85. The van der Waals surface area contributed by atoms with E-state index in [-0.39, 0.29) is 18.5 Å². The van der Waals surface area contributed by atoms with E-state index >= 15 is 0 Å². The fraction of sp³-hybridized carbons (Fsp3) is 0.353. The van der Waals surface area contributed by atoms with Crippen LogP contribution in [0, 0.1) is 0 Å². The fourth-order valence-corrected chi connectivity index (χ4v) is 3.12. The van der Waals surface area contributed by atoms with Gasteiger partial charge < -0.3 is 15.0 Å². The molecule has 0 fully saturated rings. The van der Waals surface area contributed by atoms with Crippen molar-refractivity contribution in [2.75, 3.05) is 6.61 Å². The Labute approximate surface area is 156 Å². The van der Waals surface area contributed by atoms with Crippen LogP contribution < -0.4 is 5.73 Å². The zero-order valence-corrected chi connectivity index (χ0v) is 15.8. The van der Waals surface area contributed by atoms with Crippen LogP contribution in [0.25, 0.3) is 11.4 Å². The summed E-state index contributed by atoms with van der Waals surface area (Å²) < 4.78 is 10.9. The molecule has 0 aliphatic heterocycles. The number of thiazole rings is 1. The topological polar surface area (TPSA) is 87.1 Å². The lowest BCUT2D eigenvalue weighted by Crippen LogP contribution is -1.99. The van der Waals surface area contributed by atoms with Crippen molar-refractivity contribution in [3.05, 3.63) is 51.8 Å². The molecule has 2 aromatic heterocycles. The molecule has 3 aromatic rings. The lowest BCUT2D eigenvalue weighted by atomic mass is 10.1. The number of hydrogen-bond donors (Lipinski definition) is 1. The molecule has 1 atom stereocenters. The quantitative estimate of drug-likeness (QED) is 0.671. The molecule has 2 N–H and O–H groups in total. The number of nitrogens with zero attached hydrogens (tertiary/aromatic N) is 3. The number of hydrogen-bond acceptors (Lipinski definition) is 7. The average molecular weight is 381 g/mol. The van der Waals surface area contributed by atoms with E-state index in [0.29, 0.717) is 31.3 Å². The van der Waals surface area contributed by atoms with Crippen molar-refractivity contribution in [3.8, 4) is 11.4 Å². The summed E-state index contributed by atoms with van der Waals surface area (Å²) in [6.07, 6.45) is 0.525. The molecular formula is C17H21ClN4O2S. The van der Waals surface area contributed by atoms with Gasteiger partial charge in [-0.2, -0.15) is 4.98 Å². The van der Waals surface area contributed by atoms with Gasteiger partial charge in [0, 0.05) is 24.1 Å². The van der Waals surface area contributed by atoms with E-state index in [2.05, 4.69) is 15.1 Å². The second kappa shape index (κ2) is 9.05. The van der Waals surface area contributed by atoms with Crippen molar-refractivity contribution < 1.29 is 9.26 Å². The molecular weight excluding hydrogens is 360 g/mol. The third-order valence-corrected chi connectivity index (χ3v) is 4.64. The molecule has 25 heavy (non-hydrogen) atoms. The Kier molecular flexibility index (Phi) is 7.07. The lowest BCUT2D eigenvalue weighted by molar-refractivity contribution is 0.0761. The van der Waals surface area contributed by atoms with Gasteiger partial charge in [-0.1, -0.05) is 29.4 Å². The lowest BCUT2D eigenvalue weighted by Gasteiger charge is -2.06. The van der Waals surface area contributed by atoms with Crippen LogP contribution in [0.4, 0.5) is 0 Å². The summed E-state index contributed by atoms with van der Waals surface area (Å²) in [5, 5.41) is 7.01. The second-order valence-electron chi connectivity index (χ2n) is 5.36. The summed E-state index contributed by atoms with van der Waals surface area (Å²) in [6.45, 7) is 5.17. The van der Waals surface area contributed by atoms with Gasteiger partial charge in [0.25, 0.3) is 0 Å². The Hall–Kier alpha value is -1.80. The Morgan fingerprint density at radius 1 is 1.24 bits per heavy atom. The second-order valence-corrected chi connectivity index (χ2v) is 6.25. The first-order valence-corrected chi connectivity index (χ1v) is 8.75. The highest BCUT2D eigenvalue weighted by Gasteiger charge is 2.14. The highest BCUT2D eigenvalue weighted by atomic mass is 35.5. The van der Waals surface area contributed by atoms with Crippen molar-refractivity contribution in [3.63, 3.8) is 0 Å². The minimum Gasteiger partial charge on any atom is -0.372 e. The van der Waals surface area contributed by atoms with Gasteiger partial charge in [0.1, 0.15) is 11.1 Å². The largest absolute Gasteiger partial charge is 0.372 e. The molecule has 0 radical (unpaired) electrons. The minimum atomic E-state index is 0. The molecule has 1 aromatic carbocycles. The van der Waals surface area contributed by atoms with Crippen LogP contribution in [0.5, 0.6) is 0 Å². The predicted molar refractivity (Wildman–Crippen MR) is 99.8 cm³/mol. The first-order valence-electron chi connectivity index (χ1n) is 7.87. The minimum absolute atomic E-state index is 0. The molecule has 0 saturated carbocycles. The van der Waals surface area contributed by atoms with Crippen LogP contribution in [0.2, 0.25) is 0 Å². The molecule has 0 spiro atoms. The molecule has 8 heteroatoms. The molecule has 1 unspecified atom stereocenters. The molecule has 0 amide bonds. The third-order valence-electron chi connectivity index (χ3n) is 3.58. The van der Waals surface area contributed by atoms with E-state index in [9.17, 15) is 0 Å². The van der Waals surface area contributed by atoms with Crippen molar-refractivity contribution in [1.82, 2.24) is 15.1 Å². The molecule has 0 aliphatic carbocycles. The maximum atomic E-state index is 5.61. The molecule has 0 aliphatic rings. The molecule has 2 heterocycles. The van der Waals surface area contributed by atoms with Crippen molar-refractivity contribution in [1.29, 1.82) is 0 Å².